The molecule has 0 saturated carbocycles. The Kier molecular flexibility index (Phi) is 4.51. The normalized spacial score (nSPS) is 11.8. The summed E-state index contributed by atoms with van der Waals surface area (Å²) in [6.45, 7) is 0. The van der Waals surface area contributed by atoms with Gasteiger partial charge < -0.3 is 0 Å². The molecule has 0 N–H and O–H groups in total. The van der Waals surface area contributed by atoms with E-state index in [-0.39, 0.29) is 0 Å². The predicted octanol–water partition coefficient (Wildman–Crippen LogP) is 8.10. The van der Waals surface area contributed by atoms with Gasteiger partial charge in [0.25, 0.3) is 0 Å². The van der Waals surface area contributed by atoms with Crippen molar-refractivity contribution in [1.82, 2.24) is 14.4 Å². The molecular weight excluding hydrogens is 486 g/mol. The van der Waals surface area contributed by atoms with Gasteiger partial charge in [-0.15, -0.1) is 11.3 Å². The summed E-state index contributed by atoms with van der Waals surface area (Å²) in [4.78, 5) is 22.0. The van der Waals surface area contributed by atoms with E-state index >= 15 is 0 Å². The first-order valence-corrected chi connectivity index (χ1v) is 13.3. The monoisotopic (exact) mass is 505 g/mol. The zero-order valence-electron chi connectivity index (χ0n) is 20.1. The average Bonchev–Trinajstić information content (AvgIpc) is 3.35. The van der Waals surface area contributed by atoms with Crippen molar-refractivity contribution in [3.05, 3.63) is 126 Å². The summed E-state index contributed by atoms with van der Waals surface area (Å²) < 4.78 is 4.42. The molecule has 0 radical (unpaired) electrons. The molecule has 0 atom stereocenters. The van der Waals surface area contributed by atoms with Crippen LogP contribution < -0.4 is 5.69 Å². The van der Waals surface area contributed by atoms with E-state index in [2.05, 4.69) is 87.2 Å². The number of nitrogens with zero attached hydrogens (tertiary/aromatic N) is 3. The molecule has 3 heterocycles. The first-order valence-electron chi connectivity index (χ1n) is 12.5. The number of pyridine rings is 1. The highest BCUT2D eigenvalue weighted by Gasteiger charge is 2.19. The molecule has 38 heavy (non-hydrogen) atoms. The molecule has 0 fully saturated rings. The van der Waals surface area contributed by atoms with Crippen molar-refractivity contribution in [3.8, 4) is 22.5 Å². The van der Waals surface area contributed by atoms with Crippen LogP contribution in [0.5, 0.6) is 0 Å². The van der Waals surface area contributed by atoms with Gasteiger partial charge in [-0.1, -0.05) is 91.0 Å². The molecule has 0 unspecified atom stereocenters. The lowest BCUT2D eigenvalue weighted by atomic mass is 10.0. The molecule has 5 heteroatoms. The van der Waals surface area contributed by atoms with Crippen LogP contribution in [0.4, 0.5) is 0 Å². The minimum atomic E-state index is -0.484. The van der Waals surface area contributed by atoms with Crippen molar-refractivity contribution in [2.45, 2.75) is 0 Å². The summed E-state index contributed by atoms with van der Waals surface area (Å²) in [5, 5.41) is 5.36. The topological polar surface area (TPSA) is 47.3 Å². The van der Waals surface area contributed by atoms with Gasteiger partial charge in [0, 0.05) is 36.5 Å². The molecule has 0 spiro atoms. The van der Waals surface area contributed by atoms with Crippen molar-refractivity contribution in [1.29, 1.82) is 0 Å². The number of aromatic nitrogens is 3. The maximum absolute atomic E-state index is 13.0. The number of hydrogen-bond donors (Lipinski definition) is 0. The molecule has 0 saturated heterocycles. The smallest absolute Gasteiger partial charge is 0.277 e. The van der Waals surface area contributed by atoms with Crippen LogP contribution in [0.25, 0.3) is 70.0 Å². The molecule has 0 aliphatic rings. The number of thiophene rings is 1. The largest absolute Gasteiger partial charge is 0.371 e. The second-order valence-electron chi connectivity index (χ2n) is 9.41. The number of fused-ring (bicyclic) bond motifs is 9. The Morgan fingerprint density at radius 1 is 0.579 bits per heavy atom. The van der Waals surface area contributed by atoms with E-state index in [1.54, 1.807) is 11.3 Å². The van der Waals surface area contributed by atoms with Gasteiger partial charge in [0.05, 0.1) is 5.52 Å². The lowest BCUT2D eigenvalue weighted by Gasteiger charge is -2.15. The minimum absolute atomic E-state index is 0.484. The van der Waals surface area contributed by atoms with E-state index in [1.807, 2.05) is 42.5 Å². The van der Waals surface area contributed by atoms with Crippen molar-refractivity contribution in [3.63, 3.8) is 0 Å². The maximum Gasteiger partial charge on any atom is 0.371 e. The second-order valence-corrected chi connectivity index (χ2v) is 10.5. The first kappa shape index (κ1) is 21.2. The van der Waals surface area contributed by atoms with Crippen molar-refractivity contribution >= 4 is 58.8 Å². The van der Waals surface area contributed by atoms with Crippen molar-refractivity contribution in [2.75, 3.05) is 0 Å². The highest BCUT2D eigenvalue weighted by Crippen LogP contribution is 2.41. The van der Waals surface area contributed by atoms with Crippen LogP contribution >= 0.6 is 11.3 Å². The summed E-state index contributed by atoms with van der Waals surface area (Å²) in [5.41, 5.74) is 4.37. The summed E-state index contributed by atoms with van der Waals surface area (Å²) in [6.07, 6.45) is 0. The van der Waals surface area contributed by atoms with Gasteiger partial charge in [0.1, 0.15) is 0 Å². The van der Waals surface area contributed by atoms with Crippen molar-refractivity contribution < 1.29 is 0 Å². The van der Waals surface area contributed by atoms with Crippen LogP contribution in [-0.2, 0) is 0 Å². The number of benzene rings is 5. The van der Waals surface area contributed by atoms with Gasteiger partial charge in [-0.2, -0.15) is 9.97 Å². The molecule has 8 rings (SSSR count). The Labute approximate surface area is 221 Å². The highest BCUT2D eigenvalue weighted by atomic mass is 32.1. The fourth-order valence-corrected chi connectivity index (χ4v) is 6.74. The Morgan fingerprint density at radius 3 is 2.21 bits per heavy atom. The van der Waals surface area contributed by atoms with Gasteiger partial charge in [0.15, 0.2) is 11.5 Å². The molecule has 0 amide bonds. The summed E-state index contributed by atoms with van der Waals surface area (Å²) in [6, 6.07) is 39.7. The lowest BCUT2D eigenvalue weighted by molar-refractivity contribution is 1.00. The standard InChI is InChI=1S/C33H19N3OS/c37-33-34-31-24-13-5-4-11-22(24)23-12-6-7-15-27(23)36(31)32(35-33)25-14-8-16-29-30(25)26-19-21(17-18-28(26)38-29)20-9-2-1-3-10-20/h1-19H. The van der Waals surface area contributed by atoms with E-state index in [9.17, 15) is 4.79 Å². The van der Waals surface area contributed by atoms with Crippen LogP contribution in [0.3, 0.4) is 0 Å². The van der Waals surface area contributed by atoms with E-state index in [1.165, 1.54) is 10.3 Å². The lowest BCUT2D eigenvalue weighted by Crippen LogP contribution is -2.16. The van der Waals surface area contributed by atoms with Crippen LogP contribution in [0.2, 0.25) is 0 Å². The van der Waals surface area contributed by atoms with Crippen LogP contribution in [0, 0.1) is 0 Å². The van der Waals surface area contributed by atoms with Gasteiger partial charge in [-0.25, -0.2) is 4.79 Å². The van der Waals surface area contributed by atoms with Crippen LogP contribution in [-0.4, -0.2) is 14.4 Å². The zero-order chi connectivity index (χ0) is 25.2. The molecule has 3 aromatic heterocycles. The van der Waals surface area contributed by atoms with Gasteiger partial charge in [-0.05, 0) is 40.8 Å². The Hall–Kier alpha value is -4.87. The van der Waals surface area contributed by atoms with Crippen LogP contribution in [0.15, 0.2) is 120 Å². The second kappa shape index (κ2) is 8.07. The number of hydrogen-bond acceptors (Lipinski definition) is 4. The summed E-state index contributed by atoms with van der Waals surface area (Å²) in [7, 11) is 0. The molecule has 0 aliphatic heterocycles. The fraction of sp³-hybridized carbons (Fsp3) is 0. The average molecular weight is 506 g/mol. The molecular formula is C33H19N3OS. The molecule has 178 valence electrons. The van der Waals surface area contributed by atoms with E-state index < -0.39 is 5.69 Å². The number of para-hydroxylation sites is 1. The third-order valence-corrected chi connectivity index (χ3v) is 8.41. The van der Waals surface area contributed by atoms with Crippen molar-refractivity contribution in [2.24, 2.45) is 0 Å². The molecule has 0 bridgehead atoms. The molecule has 4 nitrogen and oxygen atoms in total. The van der Waals surface area contributed by atoms with Gasteiger partial charge in [0.2, 0.25) is 0 Å². The third kappa shape index (κ3) is 3.06. The predicted molar refractivity (Wildman–Crippen MR) is 158 cm³/mol. The molecule has 0 aliphatic carbocycles. The minimum Gasteiger partial charge on any atom is -0.277 e. The maximum atomic E-state index is 13.0. The number of rotatable bonds is 2. The van der Waals surface area contributed by atoms with E-state index in [0.29, 0.717) is 11.5 Å². The third-order valence-electron chi connectivity index (χ3n) is 7.27. The van der Waals surface area contributed by atoms with Gasteiger partial charge >= 0.3 is 5.69 Å². The zero-order valence-corrected chi connectivity index (χ0v) is 20.9. The fourth-order valence-electron chi connectivity index (χ4n) is 5.63. The quantitative estimate of drug-likeness (QED) is 0.223. The van der Waals surface area contributed by atoms with E-state index in [4.69, 9.17) is 0 Å². The Balaban J connectivity index is 1.54. The first-order chi connectivity index (χ1) is 18.8. The van der Waals surface area contributed by atoms with Gasteiger partial charge in [-0.3, -0.25) is 4.40 Å². The summed E-state index contributed by atoms with van der Waals surface area (Å²) >= 11 is 1.76. The highest BCUT2D eigenvalue weighted by molar-refractivity contribution is 7.26. The SMILES string of the molecule is O=c1nc(-c2cccc3sc4ccc(-c5ccccc5)cc4c23)n2c3ccccc3c3ccccc3c2n1. The van der Waals surface area contributed by atoms with E-state index in [0.717, 1.165) is 48.3 Å². The molecule has 8 aromatic rings. The Bertz CT molecular complexity index is 2270. The Morgan fingerprint density at radius 2 is 1.34 bits per heavy atom. The summed E-state index contributed by atoms with van der Waals surface area (Å²) in [5.74, 6) is 0.609. The van der Waals surface area contributed by atoms with Crippen LogP contribution in [0.1, 0.15) is 0 Å². The molecule has 5 aromatic carbocycles.